The van der Waals surface area contributed by atoms with E-state index in [1.165, 1.54) is 0 Å². The van der Waals surface area contributed by atoms with Crippen molar-refractivity contribution in [3.8, 4) is 11.4 Å². The first-order valence-electron chi connectivity index (χ1n) is 6.62. The number of aromatic amines is 1. The Morgan fingerprint density at radius 3 is 2.82 bits per heavy atom. The fourth-order valence-electron chi connectivity index (χ4n) is 2.22. The molecule has 1 atom stereocenters. The third kappa shape index (κ3) is 2.68. The molecule has 1 aromatic heterocycles. The van der Waals surface area contributed by atoms with Crippen LogP contribution in [0.3, 0.4) is 0 Å². The van der Waals surface area contributed by atoms with Crippen LogP contribution in [0.2, 0.25) is 0 Å². The van der Waals surface area contributed by atoms with Crippen molar-refractivity contribution in [1.82, 2.24) is 31.3 Å². The van der Waals surface area contributed by atoms with Gasteiger partial charge >= 0.3 is 0 Å². The molecule has 9 heteroatoms. The zero-order valence-electron chi connectivity index (χ0n) is 11.4. The first-order valence-corrected chi connectivity index (χ1v) is 6.62. The average Bonchev–Trinajstić information content (AvgIpc) is 3.04. The molecule has 1 aromatic carbocycles. The number of tetrazole rings is 1. The van der Waals surface area contributed by atoms with E-state index in [-0.39, 0.29) is 24.6 Å². The third-order valence-corrected chi connectivity index (χ3v) is 3.30. The minimum atomic E-state index is -0.733. The Labute approximate surface area is 124 Å². The molecule has 3 N–H and O–H groups in total. The van der Waals surface area contributed by atoms with Gasteiger partial charge in [0.25, 0.3) is 5.91 Å². The molecule has 0 radical (unpaired) electrons. The number of hydrogen-bond acceptors (Lipinski definition) is 6. The van der Waals surface area contributed by atoms with E-state index in [0.717, 1.165) is 0 Å². The molecular formula is C13H12N6O3. The number of imide groups is 1. The number of hydrogen-bond donors (Lipinski definition) is 3. The van der Waals surface area contributed by atoms with Crippen molar-refractivity contribution < 1.29 is 14.4 Å². The smallest absolute Gasteiger partial charge is 0.252 e. The second kappa shape index (κ2) is 5.72. The van der Waals surface area contributed by atoms with Gasteiger partial charge in [-0.25, -0.2) is 0 Å². The summed E-state index contributed by atoms with van der Waals surface area (Å²) in [6.45, 7) is 0. The number of piperidine rings is 1. The summed E-state index contributed by atoms with van der Waals surface area (Å²) in [6, 6.07) is 6.00. The van der Waals surface area contributed by atoms with E-state index < -0.39 is 17.9 Å². The van der Waals surface area contributed by atoms with E-state index in [1.807, 2.05) is 0 Å². The highest BCUT2D eigenvalue weighted by molar-refractivity contribution is 6.05. The molecule has 1 unspecified atom stereocenters. The molecule has 1 aliphatic rings. The molecule has 112 valence electrons. The second-order valence-corrected chi connectivity index (χ2v) is 4.76. The van der Waals surface area contributed by atoms with Crippen LogP contribution >= 0.6 is 0 Å². The summed E-state index contributed by atoms with van der Waals surface area (Å²) in [5.74, 6) is -0.978. The predicted molar refractivity (Wildman–Crippen MR) is 73.3 cm³/mol. The van der Waals surface area contributed by atoms with Gasteiger partial charge in [0.05, 0.1) is 5.56 Å². The lowest BCUT2D eigenvalue weighted by Gasteiger charge is -2.22. The Balaban J connectivity index is 1.81. The number of H-pyrrole nitrogens is 1. The molecule has 9 nitrogen and oxygen atoms in total. The van der Waals surface area contributed by atoms with Crippen molar-refractivity contribution in [1.29, 1.82) is 0 Å². The van der Waals surface area contributed by atoms with Crippen LogP contribution in [0.25, 0.3) is 11.4 Å². The van der Waals surface area contributed by atoms with Gasteiger partial charge in [0.2, 0.25) is 17.6 Å². The number of rotatable bonds is 3. The van der Waals surface area contributed by atoms with Crippen molar-refractivity contribution in [3.05, 3.63) is 29.8 Å². The van der Waals surface area contributed by atoms with E-state index in [9.17, 15) is 14.4 Å². The lowest BCUT2D eigenvalue weighted by molar-refractivity contribution is -0.134. The normalized spacial score (nSPS) is 17.9. The predicted octanol–water partition coefficient (Wildman–Crippen LogP) is -0.598. The van der Waals surface area contributed by atoms with E-state index in [4.69, 9.17) is 0 Å². The fourth-order valence-corrected chi connectivity index (χ4v) is 2.22. The maximum atomic E-state index is 12.4. The van der Waals surface area contributed by atoms with E-state index in [2.05, 4.69) is 31.3 Å². The summed E-state index contributed by atoms with van der Waals surface area (Å²) >= 11 is 0. The maximum absolute atomic E-state index is 12.4. The van der Waals surface area contributed by atoms with Crippen LogP contribution in [0.4, 0.5) is 0 Å². The molecule has 22 heavy (non-hydrogen) atoms. The number of carbonyl (C=O) groups excluding carboxylic acids is 3. The molecule has 2 heterocycles. The van der Waals surface area contributed by atoms with E-state index >= 15 is 0 Å². The minimum absolute atomic E-state index is 0.198. The number of nitrogens with zero attached hydrogens (tertiary/aromatic N) is 3. The van der Waals surface area contributed by atoms with Crippen LogP contribution in [0, 0.1) is 0 Å². The van der Waals surface area contributed by atoms with Crippen molar-refractivity contribution >= 4 is 17.7 Å². The number of nitrogens with one attached hydrogen (secondary N) is 3. The van der Waals surface area contributed by atoms with Crippen LogP contribution in [0.15, 0.2) is 24.3 Å². The molecule has 0 aliphatic carbocycles. The van der Waals surface area contributed by atoms with Crippen molar-refractivity contribution in [2.45, 2.75) is 18.9 Å². The topological polar surface area (TPSA) is 130 Å². The number of carbonyl (C=O) groups is 3. The zero-order chi connectivity index (χ0) is 15.5. The van der Waals surface area contributed by atoms with Gasteiger partial charge in [-0.2, -0.15) is 5.21 Å². The quantitative estimate of drug-likeness (QED) is 0.649. The highest BCUT2D eigenvalue weighted by Gasteiger charge is 2.28. The van der Waals surface area contributed by atoms with Gasteiger partial charge in [-0.05, 0) is 17.7 Å². The third-order valence-electron chi connectivity index (χ3n) is 3.30. The minimum Gasteiger partial charge on any atom is -0.340 e. The maximum Gasteiger partial charge on any atom is 0.252 e. The largest absolute Gasteiger partial charge is 0.340 e. The zero-order valence-corrected chi connectivity index (χ0v) is 11.4. The summed E-state index contributed by atoms with van der Waals surface area (Å²) in [6.07, 6.45) is 0.476. The van der Waals surface area contributed by atoms with Crippen LogP contribution in [-0.2, 0) is 9.59 Å². The molecule has 3 amide bonds. The van der Waals surface area contributed by atoms with Crippen molar-refractivity contribution in [3.63, 3.8) is 0 Å². The van der Waals surface area contributed by atoms with Gasteiger partial charge in [-0.3, -0.25) is 19.7 Å². The Bertz CT molecular complexity index is 727. The Morgan fingerprint density at radius 1 is 1.27 bits per heavy atom. The summed E-state index contributed by atoms with van der Waals surface area (Å²) in [5.41, 5.74) is 0.828. The van der Waals surface area contributed by atoms with Crippen LogP contribution in [-0.4, -0.2) is 44.4 Å². The lowest BCUT2D eigenvalue weighted by atomic mass is 10.0. The summed E-state index contributed by atoms with van der Waals surface area (Å²) < 4.78 is 0. The molecule has 1 saturated heterocycles. The number of amides is 3. The van der Waals surface area contributed by atoms with Gasteiger partial charge in [0.1, 0.15) is 6.04 Å². The Hall–Kier alpha value is -3.10. The van der Waals surface area contributed by atoms with Gasteiger partial charge in [0, 0.05) is 12.0 Å². The van der Waals surface area contributed by atoms with E-state index in [0.29, 0.717) is 11.1 Å². The Kier molecular flexibility index (Phi) is 3.60. The molecule has 0 spiro atoms. The molecule has 2 aromatic rings. The van der Waals surface area contributed by atoms with Crippen molar-refractivity contribution in [2.75, 3.05) is 0 Å². The van der Waals surface area contributed by atoms with Crippen LogP contribution in [0.5, 0.6) is 0 Å². The second-order valence-electron chi connectivity index (χ2n) is 4.76. The highest BCUT2D eigenvalue weighted by Crippen LogP contribution is 2.19. The molecular weight excluding hydrogens is 288 g/mol. The van der Waals surface area contributed by atoms with Gasteiger partial charge < -0.3 is 5.32 Å². The van der Waals surface area contributed by atoms with Crippen LogP contribution < -0.4 is 10.6 Å². The summed E-state index contributed by atoms with van der Waals surface area (Å²) in [4.78, 5) is 35.2. The monoisotopic (exact) mass is 300 g/mol. The standard InChI is InChI=1S/C13H12N6O3/c20-10-6-5-9(13(22)15-10)14-12(21)8-4-2-1-3-7(8)11-16-18-19-17-11/h1-4,9H,5-6H2,(H,14,21)(H,15,20,22)(H,16,17,18,19). The SMILES string of the molecule is O=C1CCC(NC(=O)c2ccccc2-c2nn[nH]n2)C(=O)N1. The summed E-state index contributed by atoms with van der Waals surface area (Å²) in [5, 5.41) is 18.3. The molecule has 0 bridgehead atoms. The fraction of sp³-hybridized carbons (Fsp3) is 0.231. The van der Waals surface area contributed by atoms with Crippen LogP contribution in [0.1, 0.15) is 23.2 Å². The van der Waals surface area contributed by atoms with Crippen molar-refractivity contribution in [2.24, 2.45) is 0 Å². The number of aromatic nitrogens is 4. The molecule has 1 fully saturated rings. The average molecular weight is 300 g/mol. The first kappa shape index (κ1) is 13.9. The Morgan fingerprint density at radius 2 is 2.09 bits per heavy atom. The number of benzene rings is 1. The van der Waals surface area contributed by atoms with Gasteiger partial charge in [-0.15, -0.1) is 10.2 Å². The lowest BCUT2D eigenvalue weighted by Crippen LogP contribution is -2.52. The van der Waals surface area contributed by atoms with Gasteiger partial charge in [0.15, 0.2) is 0 Å². The highest BCUT2D eigenvalue weighted by atomic mass is 16.2. The molecule has 3 rings (SSSR count). The molecule has 0 saturated carbocycles. The van der Waals surface area contributed by atoms with Gasteiger partial charge in [-0.1, -0.05) is 18.2 Å². The summed E-state index contributed by atoms with van der Waals surface area (Å²) in [7, 11) is 0. The van der Waals surface area contributed by atoms with E-state index in [1.54, 1.807) is 24.3 Å². The molecule has 1 aliphatic heterocycles. The first-order chi connectivity index (χ1) is 10.6.